The predicted octanol–water partition coefficient (Wildman–Crippen LogP) is 4.92. The van der Waals surface area contributed by atoms with E-state index in [9.17, 15) is 22.8 Å². The SMILES string of the molecule is CC(Sc1cccc(NC(=O)/C(=C/c2ccsc2)NC(=O)c2ccccc2)c1)C(=O)Nc1ccc(S(N)(=O)=O)cc1. The van der Waals surface area contributed by atoms with Gasteiger partial charge in [-0.2, -0.15) is 11.3 Å². The molecule has 0 saturated carbocycles. The van der Waals surface area contributed by atoms with Crippen LogP contribution in [0.15, 0.2) is 111 Å². The molecule has 1 heterocycles. The Morgan fingerprint density at radius 2 is 1.63 bits per heavy atom. The molecule has 4 aromatic rings. The van der Waals surface area contributed by atoms with E-state index in [1.54, 1.807) is 61.5 Å². The number of thioether (sulfide) groups is 1. The fourth-order valence-electron chi connectivity index (χ4n) is 3.54. The van der Waals surface area contributed by atoms with Crippen molar-refractivity contribution in [3.05, 3.63) is 113 Å². The molecule has 0 bridgehead atoms. The van der Waals surface area contributed by atoms with Crippen LogP contribution in [0.1, 0.15) is 22.8 Å². The van der Waals surface area contributed by atoms with Crippen LogP contribution in [-0.4, -0.2) is 31.4 Å². The number of amides is 3. The fraction of sp³-hybridized carbons (Fsp3) is 0.0690. The zero-order chi connectivity index (χ0) is 29.4. The number of anilines is 2. The molecule has 1 aromatic heterocycles. The van der Waals surface area contributed by atoms with Crippen molar-refractivity contribution in [3.63, 3.8) is 0 Å². The number of thiophene rings is 1. The van der Waals surface area contributed by atoms with Crippen molar-refractivity contribution in [2.24, 2.45) is 5.14 Å². The number of rotatable bonds is 10. The lowest BCUT2D eigenvalue weighted by atomic mass is 10.2. The van der Waals surface area contributed by atoms with Crippen LogP contribution in [0.2, 0.25) is 0 Å². The third-order valence-electron chi connectivity index (χ3n) is 5.61. The predicted molar refractivity (Wildman–Crippen MR) is 163 cm³/mol. The van der Waals surface area contributed by atoms with Crippen molar-refractivity contribution >= 4 is 68.3 Å². The van der Waals surface area contributed by atoms with E-state index in [0.717, 1.165) is 10.5 Å². The molecule has 3 amide bonds. The molecule has 0 aliphatic rings. The fourth-order valence-corrected chi connectivity index (χ4v) is 5.60. The first-order valence-corrected chi connectivity index (χ1v) is 15.6. The molecule has 0 saturated heterocycles. The molecule has 1 unspecified atom stereocenters. The van der Waals surface area contributed by atoms with Crippen LogP contribution in [-0.2, 0) is 19.6 Å². The first kappa shape index (κ1) is 29.7. The number of primary sulfonamides is 1. The van der Waals surface area contributed by atoms with E-state index in [-0.39, 0.29) is 16.5 Å². The lowest BCUT2D eigenvalue weighted by Crippen LogP contribution is -2.30. The Morgan fingerprint density at radius 1 is 0.902 bits per heavy atom. The maximum atomic E-state index is 13.2. The monoisotopic (exact) mass is 606 g/mol. The van der Waals surface area contributed by atoms with Crippen LogP contribution in [0.4, 0.5) is 11.4 Å². The van der Waals surface area contributed by atoms with Crippen molar-refractivity contribution in [2.45, 2.75) is 22.0 Å². The third-order valence-corrected chi connectivity index (χ3v) is 8.33. The Balaban J connectivity index is 1.42. The van der Waals surface area contributed by atoms with Gasteiger partial charge in [-0.15, -0.1) is 11.8 Å². The second-order valence-electron chi connectivity index (χ2n) is 8.74. The van der Waals surface area contributed by atoms with Crippen LogP contribution in [0.25, 0.3) is 6.08 Å². The van der Waals surface area contributed by atoms with Gasteiger partial charge in [0.25, 0.3) is 11.8 Å². The highest BCUT2D eigenvalue weighted by atomic mass is 32.2. The largest absolute Gasteiger partial charge is 0.325 e. The minimum Gasteiger partial charge on any atom is -0.325 e. The maximum Gasteiger partial charge on any atom is 0.272 e. The van der Waals surface area contributed by atoms with Crippen LogP contribution in [0.3, 0.4) is 0 Å². The highest BCUT2D eigenvalue weighted by Crippen LogP contribution is 2.27. The quantitative estimate of drug-likeness (QED) is 0.149. The zero-order valence-electron chi connectivity index (χ0n) is 21.7. The summed E-state index contributed by atoms with van der Waals surface area (Å²) in [5.74, 6) is -1.21. The smallest absolute Gasteiger partial charge is 0.272 e. The van der Waals surface area contributed by atoms with Gasteiger partial charge < -0.3 is 16.0 Å². The van der Waals surface area contributed by atoms with Crippen LogP contribution in [0, 0.1) is 0 Å². The van der Waals surface area contributed by atoms with Gasteiger partial charge in [0, 0.05) is 21.8 Å². The number of nitrogens with one attached hydrogen (secondary N) is 3. The third kappa shape index (κ3) is 8.63. The van der Waals surface area contributed by atoms with E-state index < -0.39 is 27.1 Å². The lowest BCUT2D eigenvalue weighted by Gasteiger charge is -2.14. The van der Waals surface area contributed by atoms with E-state index in [0.29, 0.717) is 16.9 Å². The average Bonchev–Trinajstić information content (AvgIpc) is 3.46. The van der Waals surface area contributed by atoms with Crippen molar-refractivity contribution in [3.8, 4) is 0 Å². The van der Waals surface area contributed by atoms with Gasteiger partial charge in [0.2, 0.25) is 15.9 Å². The summed E-state index contributed by atoms with van der Waals surface area (Å²) in [6, 6.07) is 23.0. The van der Waals surface area contributed by atoms with Gasteiger partial charge >= 0.3 is 0 Å². The molecule has 0 aliphatic heterocycles. The summed E-state index contributed by atoms with van der Waals surface area (Å²) < 4.78 is 22.9. The molecule has 0 fully saturated rings. The van der Waals surface area contributed by atoms with E-state index in [1.165, 1.54) is 47.4 Å². The maximum absolute atomic E-state index is 13.2. The van der Waals surface area contributed by atoms with Gasteiger partial charge in [-0.05, 0) is 90.0 Å². The van der Waals surface area contributed by atoms with Crippen LogP contribution >= 0.6 is 23.1 Å². The molecule has 0 aliphatic carbocycles. The Kier molecular flexibility index (Phi) is 9.73. The number of nitrogens with two attached hydrogens (primary N) is 1. The second-order valence-corrected chi connectivity index (χ2v) is 12.5. The summed E-state index contributed by atoms with van der Waals surface area (Å²) >= 11 is 2.75. The summed E-state index contributed by atoms with van der Waals surface area (Å²) in [5, 5.41) is 16.6. The molecule has 12 heteroatoms. The molecule has 210 valence electrons. The van der Waals surface area contributed by atoms with Gasteiger partial charge in [-0.25, -0.2) is 13.6 Å². The first-order chi connectivity index (χ1) is 19.6. The number of hydrogen-bond acceptors (Lipinski definition) is 7. The minimum absolute atomic E-state index is 0.0512. The Bertz CT molecular complexity index is 1670. The Hall–Kier alpha value is -4.23. The van der Waals surface area contributed by atoms with Crippen LogP contribution < -0.4 is 21.1 Å². The summed E-state index contributed by atoms with van der Waals surface area (Å²) in [6.07, 6.45) is 1.60. The van der Waals surface area contributed by atoms with E-state index in [2.05, 4.69) is 16.0 Å². The van der Waals surface area contributed by atoms with Crippen molar-refractivity contribution in [2.75, 3.05) is 10.6 Å². The molecular formula is C29H26N4O5S3. The molecule has 5 N–H and O–H groups in total. The number of carbonyl (C=O) groups is 3. The van der Waals surface area contributed by atoms with Gasteiger partial charge in [-0.3, -0.25) is 14.4 Å². The zero-order valence-corrected chi connectivity index (χ0v) is 24.2. The summed E-state index contributed by atoms with van der Waals surface area (Å²) in [7, 11) is -3.83. The lowest BCUT2D eigenvalue weighted by molar-refractivity contribution is -0.115. The molecule has 0 radical (unpaired) electrons. The first-order valence-electron chi connectivity index (χ1n) is 12.2. The van der Waals surface area contributed by atoms with Gasteiger partial charge in [0.15, 0.2) is 0 Å². The summed E-state index contributed by atoms with van der Waals surface area (Å²) in [4.78, 5) is 39.4. The Labute approximate surface area is 245 Å². The molecule has 41 heavy (non-hydrogen) atoms. The van der Waals surface area contributed by atoms with E-state index >= 15 is 0 Å². The number of sulfonamides is 1. The summed E-state index contributed by atoms with van der Waals surface area (Å²) in [5.41, 5.74) is 2.19. The summed E-state index contributed by atoms with van der Waals surface area (Å²) in [6.45, 7) is 1.73. The molecule has 0 spiro atoms. The van der Waals surface area contributed by atoms with Crippen molar-refractivity contribution in [1.29, 1.82) is 0 Å². The van der Waals surface area contributed by atoms with Crippen molar-refractivity contribution < 1.29 is 22.8 Å². The number of carbonyl (C=O) groups excluding carboxylic acids is 3. The van der Waals surface area contributed by atoms with Crippen molar-refractivity contribution in [1.82, 2.24) is 5.32 Å². The standard InChI is InChI=1S/C29H26N4O5S3/c1-19(27(34)31-22-10-12-25(13-11-22)41(30,37)38)40-24-9-5-8-23(17-24)32-29(36)26(16-20-14-15-39-18-20)33-28(35)21-6-3-2-4-7-21/h2-19H,1H3,(H,31,34)(H,32,36)(H,33,35)(H2,30,37,38)/b26-16-. The highest BCUT2D eigenvalue weighted by Gasteiger charge is 2.18. The Morgan fingerprint density at radius 3 is 2.29 bits per heavy atom. The van der Waals surface area contributed by atoms with Gasteiger partial charge in [0.05, 0.1) is 10.1 Å². The average molecular weight is 607 g/mol. The van der Waals surface area contributed by atoms with E-state index in [1.807, 2.05) is 22.9 Å². The number of hydrogen-bond donors (Lipinski definition) is 4. The molecule has 1 atom stereocenters. The molecule has 3 aromatic carbocycles. The minimum atomic E-state index is -3.83. The second kappa shape index (κ2) is 13.4. The normalized spacial score (nSPS) is 12.3. The topological polar surface area (TPSA) is 147 Å². The van der Waals surface area contributed by atoms with Gasteiger partial charge in [-0.1, -0.05) is 24.3 Å². The van der Waals surface area contributed by atoms with Gasteiger partial charge in [0.1, 0.15) is 5.70 Å². The highest BCUT2D eigenvalue weighted by molar-refractivity contribution is 8.00. The molecule has 4 rings (SSSR count). The molecule has 9 nitrogen and oxygen atoms in total. The molecular weight excluding hydrogens is 581 g/mol. The van der Waals surface area contributed by atoms with Crippen LogP contribution in [0.5, 0.6) is 0 Å². The number of benzene rings is 3. The van der Waals surface area contributed by atoms with E-state index in [4.69, 9.17) is 5.14 Å².